The molecular formula is C17H23N5O3S2. The number of carbonyl (C=O) groups excluding carboxylic acids is 1. The van der Waals surface area contributed by atoms with Crippen LogP contribution in [0.1, 0.15) is 19.9 Å². The second-order valence-electron chi connectivity index (χ2n) is 6.50. The molecule has 0 atom stereocenters. The van der Waals surface area contributed by atoms with E-state index in [1.807, 2.05) is 18.4 Å². The van der Waals surface area contributed by atoms with Gasteiger partial charge >= 0.3 is 0 Å². The summed E-state index contributed by atoms with van der Waals surface area (Å²) < 4.78 is 28.7. The summed E-state index contributed by atoms with van der Waals surface area (Å²) in [5.74, 6) is 0.242. The molecule has 0 spiro atoms. The number of nitrogens with zero attached hydrogens (tertiary/aromatic N) is 5. The number of piperazine rings is 1. The van der Waals surface area contributed by atoms with Gasteiger partial charge in [0.2, 0.25) is 15.9 Å². The van der Waals surface area contributed by atoms with Crippen LogP contribution >= 0.6 is 11.8 Å². The molecule has 0 radical (unpaired) electrons. The third-order valence-corrected chi connectivity index (χ3v) is 7.25. The average molecular weight is 410 g/mol. The fourth-order valence-electron chi connectivity index (χ4n) is 2.83. The van der Waals surface area contributed by atoms with E-state index in [2.05, 4.69) is 10.2 Å². The molecular weight excluding hydrogens is 386 g/mol. The largest absolute Gasteiger partial charge is 0.339 e. The van der Waals surface area contributed by atoms with Gasteiger partial charge in [0, 0.05) is 32.2 Å². The molecule has 1 amide bonds. The van der Waals surface area contributed by atoms with Gasteiger partial charge in [-0.25, -0.2) is 8.42 Å². The highest BCUT2D eigenvalue weighted by Gasteiger charge is 2.30. The van der Waals surface area contributed by atoms with E-state index in [0.29, 0.717) is 31.3 Å². The summed E-state index contributed by atoms with van der Waals surface area (Å²) in [6, 6.07) is 8.61. The van der Waals surface area contributed by atoms with Crippen molar-refractivity contribution in [2.75, 3.05) is 31.9 Å². The lowest BCUT2D eigenvalue weighted by atomic mass is 10.3. The Bertz CT molecular complexity index is 875. The Morgan fingerprint density at radius 2 is 1.81 bits per heavy atom. The van der Waals surface area contributed by atoms with Crippen molar-refractivity contribution in [2.45, 2.75) is 29.9 Å². The third kappa shape index (κ3) is 4.50. The van der Waals surface area contributed by atoms with Gasteiger partial charge in [-0.2, -0.15) is 4.31 Å². The summed E-state index contributed by atoms with van der Waals surface area (Å²) in [7, 11) is -3.51. The van der Waals surface area contributed by atoms with Crippen LogP contribution in [-0.4, -0.2) is 70.2 Å². The Hall–Kier alpha value is -1.91. The topological polar surface area (TPSA) is 88.4 Å². The molecule has 1 aliphatic rings. The number of benzene rings is 1. The predicted molar refractivity (Wildman–Crippen MR) is 103 cm³/mol. The molecule has 2 aromatic rings. The quantitative estimate of drug-likeness (QED) is 0.672. The van der Waals surface area contributed by atoms with Crippen LogP contribution < -0.4 is 0 Å². The zero-order valence-corrected chi connectivity index (χ0v) is 17.0. The molecule has 1 aromatic heterocycles. The summed E-state index contributed by atoms with van der Waals surface area (Å²) in [4.78, 5) is 14.5. The Kier molecular flexibility index (Phi) is 6.18. The molecule has 1 fully saturated rings. The lowest BCUT2D eigenvalue weighted by molar-refractivity contribution is -0.129. The highest BCUT2D eigenvalue weighted by Crippen LogP contribution is 2.21. The Labute approximate surface area is 163 Å². The van der Waals surface area contributed by atoms with Crippen molar-refractivity contribution in [3.8, 4) is 0 Å². The maximum absolute atomic E-state index is 12.6. The average Bonchev–Trinajstić information content (AvgIpc) is 3.16. The van der Waals surface area contributed by atoms with Crippen molar-refractivity contribution >= 4 is 27.7 Å². The van der Waals surface area contributed by atoms with Crippen LogP contribution in [0.25, 0.3) is 0 Å². The van der Waals surface area contributed by atoms with Crippen LogP contribution in [0, 0.1) is 0 Å². The molecule has 1 aliphatic heterocycles. The first kappa shape index (κ1) is 19.8. The van der Waals surface area contributed by atoms with Gasteiger partial charge in [0.05, 0.1) is 10.6 Å². The number of amides is 1. The first-order valence-corrected chi connectivity index (χ1v) is 11.2. The van der Waals surface area contributed by atoms with Crippen molar-refractivity contribution in [2.24, 2.45) is 0 Å². The normalized spacial score (nSPS) is 16.0. The lowest BCUT2D eigenvalue weighted by Crippen LogP contribution is -2.50. The predicted octanol–water partition coefficient (Wildman–Crippen LogP) is 1.48. The van der Waals surface area contributed by atoms with E-state index in [1.54, 1.807) is 41.6 Å². The van der Waals surface area contributed by atoms with Gasteiger partial charge in [-0.1, -0.05) is 30.0 Å². The van der Waals surface area contributed by atoms with Crippen molar-refractivity contribution in [3.05, 3.63) is 36.7 Å². The van der Waals surface area contributed by atoms with Crippen LogP contribution in [0.5, 0.6) is 0 Å². The van der Waals surface area contributed by atoms with Crippen molar-refractivity contribution in [3.63, 3.8) is 0 Å². The number of hydrogen-bond donors (Lipinski definition) is 0. The van der Waals surface area contributed by atoms with Gasteiger partial charge in [0.25, 0.3) is 0 Å². The van der Waals surface area contributed by atoms with Crippen LogP contribution in [0.2, 0.25) is 0 Å². The molecule has 3 rings (SSSR count). The lowest BCUT2D eigenvalue weighted by Gasteiger charge is -2.34. The molecule has 8 nitrogen and oxygen atoms in total. The highest BCUT2D eigenvalue weighted by atomic mass is 32.2. The molecule has 0 aliphatic carbocycles. The minimum atomic E-state index is -3.51. The van der Waals surface area contributed by atoms with E-state index < -0.39 is 10.0 Å². The summed E-state index contributed by atoms with van der Waals surface area (Å²) in [5.41, 5.74) is 0. The number of carbonyl (C=O) groups is 1. The van der Waals surface area contributed by atoms with Gasteiger partial charge in [-0.15, -0.1) is 10.2 Å². The van der Waals surface area contributed by atoms with Crippen molar-refractivity contribution in [1.82, 2.24) is 24.0 Å². The van der Waals surface area contributed by atoms with E-state index in [1.165, 1.54) is 16.1 Å². The molecule has 1 aromatic carbocycles. The monoisotopic (exact) mass is 409 g/mol. The Morgan fingerprint density at radius 1 is 1.15 bits per heavy atom. The molecule has 0 N–H and O–H groups in total. The van der Waals surface area contributed by atoms with Crippen molar-refractivity contribution < 1.29 is 13.2 Å². The molecule has 2 heterocycles. The SMILES string of the molecule is CC(C)n1cnnc1SCC(=O)N1CCN(S(=O)(=O)c2ccccc2)CC1. The maximum Gasteiger partial charge on any atom is 0.243 e. The van der Waals surface area contributed by atoms with Gasteiger partial charge in [0.1, 0.15) is 6.33 Å². The summed E-state index contributed by atoms with van der Waals surface area (Å²) in [6.45, 7) is 5.44. The minimum Gasteiger partial charge on any atom is -0.339 e. The fraction of sp³-hybridized carbons (Fsp3) is 0.471. The van der Waals surface area contributed by atoms with Gasteiger partial charge in [-0.3, -0.25) is 4.79 Å². The number of aromatic nitrogens is 3. The zero-order valence-electron chi connectivity index (χ0n) is 15.4. The molecule has 146 valence electrons. The molecule has 0 bridgehead atoms. The number of sulfonamides is 1. The Morgan fingerprint density at radius 3 is 2.44 bits per heavy atom. The first-order chi connectivity index (χ1) is 12.9. The van der Waals surface area contributed by atoms with E-state index in [-0.39, 0.29) is 22.6 Å². The summed E-state index contributed by atoms with van der Waals surface area (Å²) >= 11 is 1.35. The number of thioether (sulfide) groups is 1. The van der Waals surface area contributed by atoms with E-state index in [0.717, 1.165) is 0 Å². The van der Waals surface area contributed by atoms with E-state index in [4.69, 9.17) is 0 Å². The highest BCUT2D eigenvalue weighted by molar-refractivity contribution is 7.99. The van der Waals surface area contributed by atoms with Gasteiger partial charge in [-0.05, 0) is 26.0 Å². The van der Waals surface area contributed by atoms with Gasteiger partial charge < -0.3 is 9.47 Å². The fourth-order valence-corrected chi connectivity index (χ4v) is 5.22. The minimum absolute atomic E-state index is 0.0185. The van der Waals surface area contributed by atoms with Crippen LogP contribution in [0.3, 0.4) is 0 Å². The second kappa shape index (κ2) is 8.41. The summed E-state index contributed by atoms with van der Waals surface area (Å²) in [5, 5.41) is 8.66. The zero-order chi connectivity index (χ0) is 19.4. The van der Waals surface area contributed by atoms with E-state index in [9.17, 15) is 13.2 Å². The first-order valence-electron chi connectivity index (χ1n) is 8.75. The third-order valence-electron chi connectivity index (χ3n) is 4.39. The standard InChI is InChI=1S/C17H23N5O3S2/c1-14(2)22-13-18-19-17(22)26-12-16(23)20-8-10-21(11-9-20)27(24,25)15-6-4-3-5-7-15/h3-7,13-14H,8-12H2,1-2H3. The van der Waals surface area contributed by atoms with Crippen LogP contribution in [0.15, 0.2) is 46.7 Å². The van der Waals surface area contributed by atoms with Crippen LogP contribution in [-0.2, 0) is 14.8 Å². The smallest absolute Gasteiger partial charge is 0.243 e. The molecule has 0 saturated carbocycles. The maximum atomic E-state index is 12.6. The molecule has 27 heavy (non-hydrogen) atoms. The number of rotatable bonds is 6. The van der Waals surface area contributed by atoms with E-state index >= 15 is 0 Å². The second-order valence-corrected chi connectivity index (χ2v) is 9.38. The Balaban J connectivity index is 1.54. The summed E-state index contributed by atoms with van der Waals surface area (Å²) in [6.07, 6.45) is 1.66. The molecule has 1 saturated heterocycles. The number of hydrogen-bond acceptors (Lipinski definition) is 6. The van der Waals surface area contributed by atoms with Crippen molar-refractivity contribution in [1.29, 1.82) is 0 Å². The van der Waals surface area contributed by atoms with Gasteiger partial charge in [0.15, 0.2) is 5.16 Å². The molecule has 10 heteroatoms. The molecule has 0 unspecified atom stereocenters. The van der Waals surface area contributed by atoms with Crippen LogP contribution in [0.4, 0.5) is 0 Å².